The van der Waals surface area contributed by atoms with Crippen molar-refractivity contribution in [2.45, 2.75) is 45.7 Å². The van der Waals surface area contributed by atoms with Crippen LogP contribution in [0.25, 0.3) is 0 Å². The number of amides is 3. The molecular formula is C11H18N2O3. The summed E-state index contributed by atoms with van der Waals surface area (Å²) in [5, 5.41) is 0. The molecule has 5 heteroatoms. The van der Waals surface area contributed by atoms with Gasteiger partial charge in [-0.1, -0.05) is 13.3 Å². The van der Waals surface area contributed by atoms with Gasteiger partial charge in [-0.05, 0) is 13.3 Å². The number of carbonyl (C=O) groups is 3. The van der Waals surface area contributed by atoms with Crippen molar-refractivity contribution in [3.63, 3.8) is 0 Å². The van der Waals surface area contributed by atoms with Crippen molar-refractivity contribution in [3.8, 4) is 0 Å². The van der Waals surface area contributed by atoms with E-state index in [1.807, 2.05) is 6.92 Å². The Morgan fingerprint density at radius 1 is 1.31 bits per heavy atom. The van der Waals surface area contributed by atoms with Gasteiger partial charge in [-0.15, -0.1) is 0 Å². The quantitative estimate of drug-likeness (QED) is 0.684. The lowest BCUT2D eigenvalue weighted by atomic mass is 10.0. The molecule has 0 aromatic carbocycles. The highest BCUT2D eigenvalue weighted by Gasteiger charge is 2.43. The van der Waals surface area contributed by atoms with Crippen LogP contribution in [0, 0.1) is 0 Å². The van der Waals surface area contributed by atoms with Gasteiger partial charge in [-0.2, -0.15) is 0 Å². The summed E-state index contributed by atoms with van der Waals surface area (Å²) >= 11 is 0. The second-order valence-electron chi connectivity index (χ2n) is 4.16. The normalized spacial score (nSPS) is 26.2. The second kappa shape index (κ2) is 4.63. The van der Waals surface area contributed by atoms with Gasteiger partial charge in [-0.3, -0.25) is 19.3 Å². The summed E-state index contributed by atoms with van der Waals surface area (Å²) in [6.45, 7) is 4.85. The summed E-state index contributed by atoms with van der Waals surface area (Å²) < 4.78 is 0. The van der Waals surface area contributed by atoms with Gasteiger partial charge in [-0.25, -0.2) is 0 Å². The summed E-state index contributed by atoms with van der Waals surface area (Å²) in [6.07, 6.45) is 1.39. The van der Waals surface area contributed by atoms with Crippen molar-refractivity contribution in [2.75, 3.05) is 7.05 Å². The first-order valence-corrected chi connectivity index (χ1v) is 5.52. The Hall–Kier alpha value is -1.39. The fraction of sp³-hybridized carbons (Fsp3) is 0.727. The van der Waals surface area contributed by atoms with E-state index in [1.54, 1.807) is 14.0 Å². The molecule has 90 valence electrons. The molecule has 1 saturated heterocycles. The van der Waals surface area contributed by atoms with Gasteiger partial charge in [0.1, 0.15) is 12.1 Å². The van der Waals surface area contributed by atoms with Crippen molar-refractivity contribution in [1.82, 2.24) is 9.80 Å². The fourth-order valence-corrected chi connectivity index (χ4v) is 2.09. The highest BCUT2D eigenvalue weighted by Crippen LogP contribution is 2.19. The van der Waals surface area contributed by atoms with E-state index in [0.29, 0.717) is 6.42 Å². The average molecular weight is 226 g/mol. The number of carbonyl (C=O) groups excluding carboxylic acids is 3. The summed E-state index contributed by atoms with van der Waals surface area (Å²) in [7, 11) is 1.62. The van der Waals surface area contributed by atoms with Crippen molar-refractivity contribution in [3.05, 3.63) is 0 Å². The van der Waals surface area contributed by atoms with Crippen LogP contribution >= 0.6 is 0 Å². The van der Waals surface area contributed by atoms with E-state index in [9.17, 15) is 14.4 Å². The lowest BCUT2D eigenvalue weighted by molar-refractivity contribution is -0.165. The lowest BCUT2D eigenvalue weighted by Gasteiger charge is -2.40. The van der Waals surface area contributed by atoms with Gasteiger partial charge in [0.15, 0.2) is 0 Å². The van der Waals surface area contributed by atoms with Crippen LogP contribution in [0.4, 0.5) is 0 Å². The maximum atomic E-state index is 12.0. The molecule has 0 spiro atoms. The van der Waals surface area contributed by atoms with Crippen LogP contribution in [0.15, 0.2) is 0 Å². The number of piperazine rings is 1. The molecular weight excluding hydrogens is 208 g/mol. The maximum Gasteiger partial charge on any atom is 0.252 e. The zero-order chi connectivity index (χ0) is 12.5. The van der Waals surface area contributed by atoms with E-state index in [1.165, 1.54) is 11.8 Å². The van der Waals surface area contributed by atoms with Crippen molar-refractivity contribution in [2.24, 2.45) is 0 Å². The van der Waals surface area contributed by atoms with Crippen LogP contribution in [-0.2, 0) is 14.4 Å². The van der Waals surface area contributed by atoms with Gasteiger partial charge in [0.05, 0.1) is 0 Å². The third-order valence-corrected chi connectivity index (χ3v) is 2.98. The molecule has 1 rings (SSSR count). The monoisotopic (exact) mass is 226 g/mol. The topological polar surface area (TPSA) is 57.7 Å². The van der Waals surface area contributed by atoms with Gasteiger partial charge in [0, 0.05) is 14.0 Å². The van der Waals surface area contributed by atoms with E-state index < -0.39 is 12.1 Å². The number of imide groups is 1. The van der Waals surface area contributed by atoms with Crippen LogP contribution in [0.5, 0.6) is 0 Å². The standard InChI is InChI=1S/C11H18N2O3/c1-5-6-9-11(16)13(8(3)14)7(2)10(15)12(9)4/h7,9H,5-6H2,1-4H3/t7-,9+/m0/s1. The van der Waals surface area contributed by atoms with Crippen molar-refractivity contribution < 1.29 is 14.4 Å². The molecule has 1 heterocycles. The number of nitrogens with zero attached hydrogens (tertiary/aromatic N) is 2. The molecule has 1 fully saturated rings. The lowest BCUT2D eigenvalue weighted by Crippen LogP contribution is -2.63. The first-order valence-electron chi connectivity index (χ1n) is 5.52. The predicted molar refractivity (Wildman–Crippen MR) is 58.5 cm³/mol. The Morgan fingerprint density at radius 2 is 1.88 bits per heavy atom. The Morgan fingerprint density at radius 3 is 2.31 bits per heavy atom. The minimum absolute atomic E-state index is 0.173. The molecule has 3 amide bonds. The molecule has 0 saturated carbocycles. The Labute approximate surface area is 95.4 Å². The van der Waals surface area contributed by atoms with E-state index in [4.69, 9.17) is 0 Å². The molecule has 2 atom stereocenters. The smallest absolute Gasteiger partial charge is 0.252 e. The Bertz CT molecular complexity index is 327. The molecule has 0 aromatic rings. The zero-order valence-electron chi connectivity index (χ0n) is 10.2. The number of hydrogen-bond donors (Lipinski definition) is 0. The predicted octanol–water partition coefficient (Wildman–Crippen LogP) is 0.391. The molecule has 1 aliphatic rings. The van der Waals surface area contributed by atoms with Crippen molar-refractivity contribution in [1.29, 1.82) is 0 Å². The Kier molecular flexibility index (Phi) is 3.67. The van der Waals surface area contributed by atoms with Gasteiger partial charge < -0.3 is 4.90 Å². The summed E-state index contributed by atoms with van der Waals surface area (Å²) in [6, 6.07) is -1.17. The third-order valence-electron chi connectivity index (χ3n) is 2.98. The zero-order valence-corrected chi connectivity index (χ0v) is 10.2. The number of hydrogen-bond acceptors (Lipinski definition) is 3. The van der Waals surface area contributed by atoms with Crippen LogP contribution in [0.1, 0.15) is 33.6 Å². The molecule has 0 radical (unpaired) electrons. The van der Waals surface area contributed by atoms with E-state index in [0.717, 1.165) is 11.3 Å². The second-order valence-corrected chi connectivity index (χ2v) is 4.16. The summed E-state index contributed by atoms with van der Waals surface area (Å²) in [4.78, 5) is 37.8. The van der Waals surface area contributed by atoms with E-state index >= 15 is 0 Å². The number of likely N-dealkylation sites (N-methyl/N-ethyl adjacent to an activating group) is 1. The molecule has 0 N–H and O–H groups in total. The molecule has 0 aliphatic carbocycles. The molecule has 0 bridgehead atoms. The summed E-state index contributed by atoms with van der Waals surface area (Å²) in [5.74, 6) is -0.794. The minimum atomic E-state index is -0.678. The first kappa shape index (κ1) is 12.7. The van der Waals surface area contributed by atoms with Gasteiger partial charge in [0.2, 0.25) is 11.8 Å². The van der Waals surface area contributed by atoms with E-state index in [2.05, 4.69) is 0 Å². The first-order chi connectivity index (χ1) is 7.41. The SMILES string of the molecule is CCC[C@@H]1C(=O)N(C(C)=O)[C@@H](C)C(=O)N1C. The molecule has 0 aromatic heterocycles. The van der Waals surface area contributed by atoms with E-state index in [-0.39, 0.29) is 17.7 Å². The summed E-state index contributed by atoms with van der Waals surface area (Å²) in [5.41, 5.74) is 0. The van der Waals surface area contributed by atoms with Crippen LogP contribution in [0.3, 0.4) is 0 Å². The van der Waals surface area contributed by atoms with Crippen LogP contribution < -0.4 is 0 Å². The van der Waals surface area contributed by atoms with Crippen molar-refractivity contribution >= 4 is 17.7 Å². The molecule has 0 unspecified atom stereocenters. The minimum Gasteiger partial charge on any atom is -0.332 e. The maximum absolute atomic E-state index is 12.0. The Balaban J connectivity index is 3.02. The van der Waals surface area contributed by atoms with Gasteiger partial charge >= 0.3 is 0 Å². The largest absolute Gasteiger partial charge is 0.332 e. The van der Waals surface area contributed by atoms with Gasteiger partial charge in [0.25, 0.3) is 5.91 Å². The third kappa shape index (κ3) is 1.94. The fourth-order valence-electron chi connectivity index (χ4n) is 2.09. The van der Waals surface area contributed by atoms with Crippen LogP contribution in [-0.4, -0.2) is 46.7 Å². The highest BCUT2D eigenvalue weighted by atomic mass is 16.2. The highest BCUT2D eigenvalue weighted by molar-refractivity contribution is 6.05. The molecule has 16 heavy (non-hydrogen) atoms. The number of rotatable bonds is 2. The van der Waals surface area contributed by atoms with Crippen LogP contribution in [0.2, 0.25) is 0 Å². The average Bonchev–Trinajstić information content (AvgIpc) is 2.21. The molecule has 1 aliphatic heterocycles. The molecule has 5 nitrogen and oxygen atoms in total.